The van der Waals surface area contributed by atoms with E-state index in [1.54, 1.807) is 36.7 Å². The van der Waals surface area contributed by atoms with E-state index in [1.165, 1.54) is 4.57 Å². The maximum absolute atomic E-state index is 12.5. The molecule has 0 bridgehead atoms. The zero-order valence-corrected chi connectivity index (χ0v) is 14.5. The maximum atomic E-state index is 12.5. The molecular weight excluding hydrogens is 332 g/mol. The fourth-order valence-corrected chi connectivity index (χ4v) is 2.95. The second-order valence-electron chi connectivity index (χ2n) is 6.06. The van der Waals surface area contributed by atoms with E-state index in [9.17, 15) is 14.7 Å². The summed E-state index contributed by atoms with van der Waals surface area (Å²) in [5.74, 6) is -1.22. The van der Waals surface area contributed by atoms with Gasteiger partial charge in [-0.1, -0.05) is 42.5 Å². The van der Waals surface area contributed by atoms with Gasteiger partial charge in [0.2, 0.25) is 6.33 Å². The number of nitrogens with zero attached hydrogens (tertiary/aromatic N) is 2. The first-order chi connectivity index (χ1) is 12.6. The molecule has 1 atom stereocenters. The van der Waals surface area contributed by atoms with Gasteiger partial charge in [-0.25, -0.2) is 9.36 Å². The Hall–Kier alpha value is -2.99. The Morgan fingerprint density at radius 3 is 2.58 bits per heavy atom. The van der Waals surface area contributed by atoms with Gasteiger partial charge in [0, 0.05) is 0 Å². The van der Waals surface area contributed by atoms with E-state index in [0.29, 0.717) is 10.9 Å². The lowest BCUT2D eigenvalue weighted by Gasteiger charge is -2.13. The third-order valence-electron chi connectivity index (χ3n) is 4.33. The number of aliphatic hydroxyl groups excluding tert-OH is 1. The van der Waals surface area contributed by atoms with E-state index in [0.717, 1.165) is 5.52 Å². The Labute approximate surface area is 150 Å². The summed E-state index contributed by atoms with van der Waals surface area (Å²) < 4.78 is 8.67. The molecule has 3 aromatic rings. The fraction of sp³-hybridized carbons (Fsp3) is 0.250. The molecule has 1 heterocycles. The predicted octanol–water partition coefficient (Wildman–Crippen LogP) is 1.15. The SMILES string of the molecule is C[n+]1cn(CCOC(=O)C(CO)c2ccccc2)c(=O)c2ccccc21. The Morgan fingerprint density at radius 1 is 1.15 bits per heavy atom. The first-order valence-electron chi connectivity index (χ1n) is 8.42. The fourth-order valence-electron chi connectivity index (χ4n) is 2.95. The number of aryl methyl sites for hydroxylation is 1. The number of hydrogen-bond acceptors (Lipinski definition) is 4. The summed E-state index contributed by atoms with van der Waals surface area (Å²) in [5, 5.41) is 10.1. The van der Waals surface area contributed by atoms with Gasteiger partial charge in [-0.3, -0.25) is 4.79 Å². The summed E-state index contributed by atoms with van der Waals surface area (Å²) in [6.45, 7) is -0.0235. The topological polar surface area (TPSA) is 72.4 Å². The molecule has 0 saturated carbocycles. The number of hydrogen-bond donors (Lipinski definition) is 1. The van der Waals surface area contributed by atoms with Crippen molar-refractivity contribution >= 4 is 16.9 Å². The van der Waals surface area contributed by atoms with E-state index in [-0.39, 0.29) is 25.3 Å². The first kappa shape index (κ1) is 17.8. The van der Waals surface area contributed by atoms with E-state index >= 15 is 0 Å². The second kappa shape index (κ2) is 7.93. The van der Waals surface area contributed by atoms with Crippen LogP contribution in [0.2, 0.25) is 0 Å². The number of rotatable bonds is 6. The van der Waals surface area contributed by atoms with Crippen LogP contribution in [0.1, 0.15) is 11.5 Å². The molecule has 0 aliphatic heterocycles. The molecule has 0 saturated heterocycles. The van der Waals surface area contributed by atoms with Crippen LogP contribution in [-0.2, 0) is 23.1 Å². The molecule has 1 unspecified atom stereocenters. The Morgan fingerprint density at radius 2 is 1.85 bits per heavy atom. The van der Waals surface area contributed by atoms with Crippen molar-refractivity contribution in [1.82, 2.24) is 4.57 Å². The van der Waals surface area contributed by atoms with Crippen molar-refractivity contribution < 1.29 is 19.2 Å². The van der Waals surface area contributed by atoms with Crippen LogP contribution in [0.3, 0.4) is 0 Å². The molecule has 2 aromatic carbocycles. The lowest BCUT2D eigenvalue weighted by atomic mass is 10.0. The summed E-state index contributed by atoms with van der Waals surface area (Å²) in [6.07, 6.45) is 1.69. The molecule has 0 fully saturated rings. The van der Waals surface area contributed by atoms with Crippen molar-refractivity contribution in [2.45, 2.75) is 12.5 Å². The lowest BCUT2D eigenvalue weighted by molar-refractivity contribution is -0.649. The van der Waals surface area contributed by atoms with Crippen LogP contribution in [0, 0.1) is 0 Å². The minimum Gasteiger partial charge on any atom is -0.461 e. The molecule has 26 heavy (non-hydrogen) atoms. The third-order valence-corrected chi connectivity index (χ3v) is 4.33. The van der Waals surface area contributed by atoms with Gasteiger partial charge in [-0.15, -0.1) is 0 Å². The van der Waals surface area contributed by atoms with Gasteiger partial charge in [0.25, 0.3) is 0 Å². The van der Waals surface area contributed by atoms with Crippen LogP contribution in [0.4, 0.5) is 0 Å². The number of carbonyl (C=O) groups is 1. The van der Waals surface area contributed by atoms with Crippen molar-refractivity contribution in [3.63, 3.8) is 0 Å². The zero-order chi connectivity index (χ0) is 18.5. The molecule has 0 aliphatic carbocycles. The molecule has 0 aliphatic rings. The Balaban J connectivity index is 1.70. The average molecular weight is 353 g/mol. The van der Waals surface area contributed by atoms with Crippen molar-refractivity contribution in [3.8, 4) is 0 Å². The van der Waals surface area contributed by atoms with Crippen molar-refractivity contribution in [2.75, 3.05) is 13.2 Å². The molecule has 0 radical (unpaired) electrons. The molecule has 1 N–H and O–H groups in total. The highest BCUT2D eigenvalue weighted by Crippen LogP contribution is 2.16. The van der Waals surface area contributed by atoms with Crippen LogP contribution < -0.4 is 10.1 Å². The van der Waals surface area contributed by atoms with E-state index < -0.39 is 11.9 Å². The maximum Gasteiger partial charge on any atom is 0.345 e. The lowest BCUT2D eigenvalue weighted by Crippen LogP contribution is -2.38. The van der Waals surface area contributed by atoms with Gasteiger partial charge < -0.3 is 9.84 Å². The number of carbonyl (C=O) groups excluding carboxylic acids is 1. The monoisotopic (exact) mass is 353 g/mol. The summed E-state index contributed by atoms with van der Waals surface area (Å²) in [7, 11) is 1.86. The van der Waals surface area contributed by atoms with Gasteiger partial charge in [0.15, 0.2) is 0 Å². The summed E-state index contributed by atoms with van der Waals surface area (Å²) in [4.78, 5) is 24.8. The number of esters is 1. The first-order valence-corrected chi connectivity index (χ1v) is 8.42. The highest BCUT2D eigenvalue weighted by Gasteiger charge is 2.21. The summed E-state index contributed by atoms with van der Waals surface area (Å²) in [5.41, 5.74) is 1.42. The minimum absolute atomic E-state index is 0.0560. The summed E-state index contributed by atoms with van der Waals surface area (Å²) >= 11 is 0. The Kier molecular flexibility index (Phi) is 5.43. The van der Waals surface area contributed by atoms with E-state index in [4.69, 9.17) is 4.74 Å². The molecule has 1 aromatic heterocycles. The van der Waals surface area contributed by atoms with Crippen molar-refractivity contribution in [2.24, 2.45) is 7.05 Å². The third kappa shape index (κ3) is 3.65. The van der Waals surface area contributed by atoms with Gasteiger partial charge in [0.1, 0.15) is 30.0 Å². The molecule has 0 amide bonds. The van der Waals surface area contributed by atoms with E-state index in [2.05, 4.69) is 0 Å². The van der Waals surface area contributed by atoms with Gasteiger partial charge in [-0.05, 0) is 17.7 Å². The predicted molar refractivity (Wildman–Crippen MR) is 96.6 cm³/mol. The smallest absolute Gasteiger partial charge is 0.345 e. The molecular formula is C20H21N2O4+. The molecule has 3 rings (SSSR count). The molecule has 6 heteroatoms. The number of aliphatic hydroxyl groups is 1. The Bertz CT molecular complexity index is 966. The quantitative estimate of drug-likeness (QED) is 0.533. The highest BCUT2D eigenvalue weighted by atomic mass is 16.5. The van der Waals surface area contributed by atoms with Crippen molar-refractivity contribution in [3.05, 3.63) is 76.8 Å². The number of benzene rings is 2. The van der Waals surface area contributed by atoms with Crippen LogP contribution in [0.15, 0.2) is 65.7 Å². The standard InChI is InChI=1S/C20H21N2O4/c1-21-14-22(19(24)16-9-5-6-10-18(16)21)11-12-26-20(25)17(13-23)15-7-3-2-4-8-15/h2-10,14,17,23H,11-13H2,1H3/q+1. The second-order valence-corrected chi connectivity index (χ2v) is 6.06. The number of para-hydroxylation sites is 1. The van der Waals surface area contributed by atoms with Crippen molar-refractivity contribution in [1.29, 1.82) is 0 Å². The highest BCUT2D eigenvalue weighted by molar-refractivity contribution is 5.78. The van der Waals surface area contributed by atoms with Crippen LogP contribution in [0.25, 0.3) is 10.9 Å². The summed E-state index contributed by atoms with van der Waals surface area (Å²) in [6, 6.07) is 16.4. The molecule has 134 valence electrons. The average Bonchev–Trinajstić information content (AvgIpc) is 2.67. The number of ether oxygens (including phenoxy) is 1. The van der Waals surface area contributed by atoms with Crippen LogP contribution >= 0.6 is 0 Å². The van der Waals surface area contributed by atoms with E-state index in [1.807, 2.05) is 35.9 Å². The molecule has 6 nitrogen and oxygen atoms in total. The normalized spacial score (nSPS) is 12.1. The van der Waals surface area contributed by atoms with Gasteiger partial charge in [-0.2, -0.15) is 4.57 Å². The number of fused-ring (bicyclic) bond motifs is 1. The van der Waals surface area contributed by atoms with Crippen LogP contribution in [0.5, 0.6) is 0 Å². The van der Waals surface area contributed by atoms with Gasteiger partial charge in [0.05, 0.1) is 13.7 Å². The zero-order valence-electron chi connectivity index (χ0n) is 14.5. The number of aromatic nitrogens is 2. The minimum atomic E-state index is -0.722. The largest absolute Gasteiger partial charge is 0.461 e. The van der Waals surface area contributed by atoms with Crippen LogP contribution in [-0.4, -0.2) is 28.9 Å². The van der Waals surface area contributed by atoms with Gasteiger partial charge >= 0.3 is 11.5 Å². The molecule has 0 spiro atoms.